The Labute approximate surface area is 184 Å². The lowest BCUT2D eigenvalue weighted by atomic mass is 9.95. The number of imidazole rings is 1. The van der Waals surface area contributed by atoms with Gasteiger partial charge in [-0.25, -0.2) is 14.6 Å². The number of carboxylic acids is 2. The minimum atomic E-state index is -1.25. The highest BCUT2D eigenvalue weighted by atomic mass is 16.4. The maximum Gasteiger partial charge on any atom is 0.354 e. The average Bonchev–Trinajstić information content (AvgIpc) is 3.20. The highest BCUT2D eigenvalue weighted by Gasteiger charge is 2.25. The summed E-state index contributed by atoms with van der Waals surface area (Å²) in [7, 11) is 0. The SMILES string of the molecule is CCc1nc2c(C)ccc(C(O)c3ccc(-c4ccccc4)c(C(=O)O)c3)n2c1C(=O)O. The van der Waals surface area contributed by atoms with Crippen LogP contribution in [0.1, 0.15) is 56.4 Å². The summed E-state index contributed by atoms with van der Waals surface area (Å²) in [6.07, 6.45) is -0.828. The number of aliphatic hydroxyl groups excluding tert-OH is 1. The maximum absolute atomic E-state index is 12.0. The fourth-order valence-electron chi connectivity index (χ4n) is 3.97. The Morgan fingerprint density at radius 3 is 2.34 bits per heavy atom. The van der Waals surface area contributed by atoms with Gasteiger partial charge in [-0.15, -0.1) is 0 Å². The number of aromatic nitrogens is 2. The predicted molar refractivity (Wildman–Crippen MR) is 119 cm³/mol. The minimum Gasteiger partial charge on any atom is -0.478 e. The number of hydrogen-bond donors (Lipinski definition) is 3. The number of nitrogens with zero attached hydrogens (tertiary/aromatic N) is 2. The zero-order chi connectivity index (χ0) is 23.0. The quantitative estimate of drug-likeness (QED) is 0.419. The van der Waals surface area contributed by atoms with Gasteiger partial charge in [-0.3, -0.25) is 4.40 Å². The number of aliphatic hydroxyl groups is 1. The first-order valence-electron chi connectivity index (χ1n) is 10.2. The van der Waals surface area contributed by atoms with Crippen molar-refractivity contribution in [3.63, 3.8) is 0 Å². The highest BCUT2D eigenvalue weighted by molar-refractivity contribution is 5.96. The van der Waals surface area contributed by atoms with Gasteiger partial charge in [0.05, 0.1) is 17.0 Å². The van der Waals surface area contributed by atoms with E-state index in [9.17, 15) is 24.9 Å². The van der Waals surface area contributed by atoms with Gasteiger partial charge in [0.25, 0.3) is 0 Å². The second-order valence-electron chi connectivity index (χ2n) is 7.54. The summed E-state index contributed by atoms with van der Waals surface area (Å²) in [6, 6.07) is 17.3. The third kappa shape index (κ3) is 3.52. The first-order valence-corrected chi connectivity index (χ1v) is 10.2. The molecule has 2 heterocycles. The lowest BCUT2D eigenvalue weighted by Gasteiger charge is -2.17. The molecule has 3 N–H and O–H groups in total. The number of carboxylic acid groups (broad SMARTS) is 2. The van der Waals surface area contributed by atoms with Crippen LogP contribution in [0, 0.1) is 6.92 Å². The molecule has 0 bridgehead atoms. The molecule has 2 aromatic heterocycles. The van der Waals surface area contributed by atoms with E-state index in [-0.39, 0.29) is 11.3 Å². The molecular weight excluding hydrogens is 408 g/mol. The van der Waals surface area contributed by atoms with Gasteiger partial charge in [0, 0.05) is 0 Å². The Morgan fingerprint density at radius 2 is 1.72 bits per heavy atom. The van der Waals surface area contributed by atoms with E-state index >= 15 is 0 Å². The summed E-state index contributed by atoms with van der Waals surface area (Å²) < 4.78 is 1.45. The van der Waals surface area contributed by atoms with Crippen molar-refractivity contribution in [2.45, 2.75) is 26.4 Å². The molecule has 0 aliphatic carbocycles. The fraction of sp³-hybridized carbons (Fsp3) is 0.160. The third-order valence-electron chi connectivity index (χ3n) is 5.56. The third-order valence-corrected chi connectivity index (χ3v) is 5.56. The van der Waals surface area contributed by atoms with Crippen molar-refractivity contribution in [3.05, 3.63) is 94.4 Å². The number of pyridine rings is 1. The van der Waals surface area contributed by atoms with Gasteiger partial charge in [0.15, 0.2) is 5.69 Å². The monoisotopic (exact) mass is 430 g/mol. The number of hydrogen-bond acceptors (Lipinski definition) is 4. The number of fused-ring (bicyclic) bond motifs is 1. The first kappa shape index (κ1) is 21.3. The second-order valence-corrected chi connectivity index (χ2v) is 7.54. The molecule has 0 amide bonds. The summed E-state index contributed by atoms with van der Waals surface area (Å²) in [5.74, 6) is -2.26. The summed E-state index contributed by atoms with van der Waals surface area (Å²) in [6.45, 7) is 3.64. The van der Waals surface area contributed by atoms with Crippen LogP contribution in [-0.4, -0.2) is 36.6 Å². The second kappa shape index (κ2) is 8.28. The topological polar surface area (TPSA) is 112 Å². The lowest BCUT2D eigenvalue weighted by Crippen LogP contribution is -2.13. The van der Waals surface area contributed by atoms with Crippen LogP contribution >= 0.6 is 0 Å². The standard InChI is InChI=1S/C25H22N2O5/c1-3-19-21(25(31)32)27-20(12-9-14(2)23(27)26-19)22(28)16-10-11-17(18(13-16)24(29)30)15-7-5-4-6-8-15/h4-13,22,28H,3H2,1-2H3,(H,29,30)(H,31,32). The molecular formula is C25H22N2O5. The van der Waals surface area contributed by atoms with Crippen LogP contribution in [0.15, 0.2) is 60.7 Å². The van der Waals surface area contributed by atoms with Gasteiger partial charge in [-0.2, -0.15) is 0 Å². The van der Waals surface area contributed by atoms with Crippen LogP contribution < -0.4 is 0 Å². The molecule has 2 aromatic carbocycles. The van der Waals surface area contributed by atoms with E-state index in [1.807, 2.05) is 44.2 Å². The van der Waals surface area contributed by atoms with Crippen molar-refractivity contribution >= 4 is 17.6 Å². The van der Waals surface area contributed by atoms with Gasteiger partial charge in [-0.05, 0) is 47.7 Å². The van der Waals surface area contributed by atoms with Gasteiger partial charge in [-0.1, -0.05) is 55.5 Å². The van der Waals surface area contributed by atoms with Crippen molar-refractivity contribution < 1.29 is 24.9 Å². The first-order chi connectivity index (χ1) is 15.3. The van der Waals surface area contributed by atoms with Crippen molar-refractivity contribution in [1.29, 1.82) is 0 Å². The van der Waals surface area contributed by atoms with Gasteiger partial charge >= 0.3 is 11.9 Å². The summed E-state index contributed by atoms with van der Waals surface area (Å²) in [5.41, 5.74) is 3.63. The molecule has 4 rings (SSSR count). The van der Waals surface area contributed by atoms with Crippen molar-refractivity contribution in [1.82, 2.24) is 9.38 Å². The Bertz CT molecular complexity index is 1340. The van der Waals surface area contributed by atoms with Gasteiger partial charge in [0.1, 0.15) is 11.8 Å². The van der Waals surface area contributed by atoms with Crippen LogP contribution in [0.2, 0.25) is 0 Å². The average molecular weight is 430 g/mol. The molecule has 0 spiro atoms. The molecule has 4 aromatic rings. The molecule has 1 unspecified atom stereocenters. The van der Waals surface area contributed by atoms with E-state index in [1.54, 1.807) is 24.3 Å². The number of aryl methyl sites for hydroxylation is 2. The van der Waals surface area contributed by atoms with E-state index < -0.39 is 18.0 Å². The summed E-state index contributed by atoms with van der Waals surface area (Å²) >= 11 is 0. The fourth-order valence-corrected chi connectivity index (χ4v) is 3.97. The van der Waals surface area contributed by atoms with Gasteiger partial charge in [0.2, 0.25) is 0 Å². The normalized spacial score (nSPS) is 12.1. The molecule has 0 saturated carbocycles. The van der Waals surface area contributed by atoms with Gasteiger partial charge < -0.3 is 15.3 Å². The summed E-state index contributed by atoms with van der Waals surface area (Å²) in [4.78, 5) is 28.4. The van der Waals surface area contributed by atoms with Crippen LogP contribution in [0.25, 0.3) is 16.8 Å². The highest BCUT2D eigenvalue weighted by Crippen LogP contribution is 2.31. The van der Waals surface area contributed by atoms with Crippen LogP contribution in [0.3, 0.4) is 0 Å². The Kier molecular flexibility index (Phi) is 5.50. The molecule has 162 valence electrons. The molecule has 7 heteroatoms. The Balaban J connectivity index is 1.90. The molecule has 0 fully saturated rings. The largest absolute Gasteiger partial charge is 0.478 e. The predicted octanol–water partition coefficient (Wildman–Crippen LogP) is 4.35. The van der Waals surface area contributed by atoms with E-state index in [2.05, 4.69) is 4.98 Å². The lowest BCUT2D eigenvalue weighted by molar-refractivity contribution is 0.0680. The number of aromatic carboxylic acids is 2. The molecule has 0 radical (unpaired) electrons. The van der Waals surface area contributed by atoms with E-state index in [0.717, 1.165) is 11.1 Å². The van der Waals surface area contributed by atoms with E-state index in [4.69, 9.17) is 0 Å². The van der Waals surface area contributed by atoms with Crippen LogP contribution in [0.4, 0.5) is 0 Å². The van der Waals surface area contributed by atoms with Crippen molar-refractivity contribution in [2.24, 2.45) is 0 Å². The van der Waals surface area contributed by atoms with E-state index in [1.165, 1.54) is 10.5 Å². The molecule has 0 saturated heterocycles. The van der Waals surface area contributed by atoms with Crippen LogP contribution in [0.5, 0.6) is 0 Å². The molecule has 32 heavy (non-hydrogen) atoms. The molecule has 7 nitrogen and oxygen atoms in total. The molecule has 0 aliphatic rings. The minimum absolute atomic E-state index is 0.000358. The number of carbonyl (C=O) groups is 2. The smallest absolute Gasteiger partial charge is 0.354 e. The number of benzene rings is 2. The number of rotatable bonds is 6. The van der Waals surface area contributed by atoms with Crippen molar-refractivity contribution in [2.75, 3.05) is 0 Å². The maximum atomic E-state index is 12.0. The zero-order valence-electron chi connectivity index (χ0n) is 17.6. The van der Waals surface area contributed by atoms with Crippen molar-refractivity contribution in [3.8, 4) is 11.1 Å². The van der Waals surface area contributed by atoms with Crippen LogP contribution in [-0.2, 0) is 6.42 Å². The summed E-state index contributed by atoms with van der Waals surface area (Å²) in [5, 5.41) is 30.8. The van der Waals surface area contributed by atoms with E-state index in [0.29, 0.717) is 34.6 Å². The zero-order valence-corrected chi connectivity index (χ0v) is 17.6. The molecule has 1 atom stereocenters. The molecule has 0 aliphatic heterocycles. The Hall–Kier alpha value is -3.97. The Morgan fingerprint density at radius 1 is 1.00 bits per heavy atom.